The summed E-state index contributed by atoms with van der Waals surface area (Å²) in [6.07, 6.45) is 0. The summed E-state index contributed by atoms with van der Waals surface area (Å²) in [5.41, 5.74) is 1.15. The Balaban J connectivity index is 2.43. The minimum atomic E-state index is 0.0524. The lowest BCUT2D eigenvalue weighted by atomic mass is 10.1. The van der Waals surface area contributed by atoms with Crippen molar-refractivity contribution in [2.75, 3.05) is 19.0 Å². The van der Waals surface area contributed by atoms with Crippen LogP contribution in [0.1, 0.15) is 0 Å². The SMILES string of the molecule is CN(C)c1ccc2c(=O)c3cc(Cl)ccc3sc2c1. The molecule has 0 aliphatic heterocycles. The minimum Gasteiger partial charge on any atom is -0.378 e. The standard InChI is InChI=1S/C15H12ClNOS/c1-17(2)10-4-5-11-14(8-10)19-13-6-3-9(16)7-12(13)15(11)18/h3-8H,1-2H3. The van der Waals surface area contributed by atoms with Gasteiger partial charge in [-0.1, -0.05) is 11.6 Å². The number of hydrogen-bond donors (Lipinski definition) is 0. The first-order chi connectivity index (χ1) is 9.06. The topological polar surface area (TPSA) is 20.3 Å². The highest BCUT2D eigenvalue weighted by Crippen LogP contribution is 2.28. The molecule has 4 heteroatoms. The Bertz CT molecular complexity index is 839. The summed E-state index contributed by atoms with van der Waals surface area (Å²) >= 11 is 7.59. The normalized spacial score (nSPS) is 11.1. The van der Waals surface area contributed by atoms with Gasteiger partial charge in [0.1, 0.15) is 0 Å². The second-order valence-corrected chi connectivity index (χ2v) is 6.17. The summed E-state index contributed by atoms with van der Waals surface area (Å²) < 4.78 is 1.98. The van der Waals surface area contributed by atoms with E-state index in [2.05, 4.69) is 6.07 Å². The summed E-state index contributed by atoms with van der Waals surface area (Å²) in [6, 6.07) is 11.4. The van der Waals surface area contributed by atoms with E-state index in [9.17, 15) is 4.79 Å². The molecule has 0 aliphatic carbocycles. The summed E-state index contributed by atoms with van der Waals surface area (Å²) in [7, 11) is 3.98. The molecule has 2 aromatic carbocycles. The van der Waals surface area contributed by atoms with Crippen LogP contribution in [0.2, 0.25) is 5.02 Å². The van der Waals surface area contributed by atoms with Crippen molar-refractivity contribution in [3.8, 4) is 0 Å². The van der Waals surface area contributed by atoms with Crippen molar-refractivity contribution in [1.29, 1.82) is 0 Å². The smallest absolute Gasteiger partial charge is 0.195 e. The van der Waals surface area contributed by atoms with Gasteiger partial charge in [0.05, 0.1) is 0 Å². The molecule has 0 bridgehead atoms. The van der Waals surface area contributed by atoms with Crippen molar-refractivity contribution in [2.24, 2.45) is 0 Å². The van der Waals surface area contributed by atoms with Gasteiger partial charge in [0.2, 0.25) is 0 Å². The Morgan fingerprint density at radius 3 is 2.53 bits per heavy atom. The van der Waals surface area contributed by atoms with E-state index < -0.39 is 0 Å². The highest BCUT2D eigenvalue weighted by molar-refractivity contribution is 7.24. The van der Waals surface area contributed by atoms with E-state index in [1.54, 1.807) is 17.4 Å². The molecule has 0 atom stereocenters. The van der Waals surface area contributed by atoms with E-state index in [1.807, 2.05) is 43.3 Å². The molecule has 0 aliphatic rings. The Kier molecular flexibility index (Phi) is 2.96. The number of hydrogen-bond acceptors (Lipinski definition) is 3. The molecule has 0 saturated carbocycles. The quantitative estimate of drug-likeness (QED) is 0.628. The van der Waals surface area contributed by atoms with Gasteiger partial charge in [-0.05, 0) is 36.4 Å². The van der Waals surface area contributed by atoms with Crippen LogP contribution in [0.25, 0.3) is 20.2 Å². The first kappa shape index (κ1) is 12.5. The zero-order valence-corrected chi connectivity index (χ0v) is 12.2. The van der Waals surface area contributed by atoms with E-state index in [0.29, 0.717) is 10.4 Å². The first-order valence-electron chi connectivity index (χ1n) is 5.90. The minimum absolute atomic E-state index is 0.0524. The van der Waals surface area contributed by atoms with Gasteiger partial charge in [-0.2, -0.15) is 0 Å². The average Bonchev–Trinajstić information content (AvgIpc) is 2.39. The van der Waals surface area contributed by atoms with Crippen molar-refractivity contribution in [2.45, 2.75) is 0 Å². The number of anilines is 1. The van der Waals surface area contributed by atoms with Crippen molar-refractivity contribution < 1.29 is 0 Å². The van der Waals surface area contributed by atoms with E-state index in [0.717, 1.165) is 20.5 Å². The predicted octanol–water partition coefficient (Wildman–Crippen LogP) is 4.13. The summed E-state index contributed by atoms with van der Waals surface area (Å²) in [4.78, 5) is 14.5. The maximum absolute atomic E-state index is 12.5. The van der Waals surface area contributed by atoms with Crippen molar-refractivity contribution in [3.63, 3.8) is 0 Å². The number of halogens is 1. The Hall–Kier alpha value is -1.58. The first-order valence-corrected chi connectivity index (χ1v) is 7.09. The molecule has 0 radical (unpaired) electrons. The van der Waals surface area contributed by atoms with Gasteiger partial charge in [0.15, 0.2) is 5.43 Å². The molecule has 0 spiro atoms. The highest BCUT2D eigenvalue weighted by Gasteiger charge is 2.07. The van der Waals surface area contributed by atoms with Crippen LogP contribution in [0.4, 0.5) is 5.69 Å². The lowest BCUT2D eigenvalue weighted by Crippen LogP contribution is -2.09. The fourth-order valence-electron chi connectivity index (χ4n) is 2.09. The van der Waals surface area contributed by atoms with E-state index in [4.69, 9.17) is 11.6 Å². The van der Waals surface area contributed by atoms with Crippen LogP contribution in [0.15, 0.2) is 41.2 Å². The van der Waals surface area contributed by atoms with Gasteiger partial charge in [-0.3, -0.25) is 4.79 Å². The van der Waals surface area contributed by atoms with Crippen LogP contribution in [-0.4, -0.2) is 14.1 Å². The van der Waals surface area contributed by atoms with Gasteiger partial charge >= 0.3 is 0 Å². The largest absolute Gasteiger partial charge is 0.378 e. The van der Waals surface area contributed by atoms with Gasteiger partial charge in [0, 0.05) is 45.0 Å². The number of nitrogens with zero attached hydrogens (tertiary/aromatic N) is 1. The molecule has 0 amide bonds. The van der Waals surface area contributed by atoms with Crippen LogP contribution in [0.5, 0.6) is 0 Å². The summed E-state index contributed by atoms with van der Waals surface area (Å²) in [5.74, 6) is 0. The van der Waals surface area contributed by atoms with Crippen LogP contribution >= 0.6 is 22.9 Å². The molecule has 1 heterocycles. The van der Waals surface area contributed by atoms with Crippen LogP contribution in [0, 0.1) is 0 Å². The molecule has 0 fully saturated rings. The molecule has 3 rings (SSSR count). The zero-order chi connectivity index (χ0) is 13.6. The fourth-order valence-corrected chi connectivity index (χ4v) is 3.35. The van der Waals surface area contributed by atoms with Gasteiger partial charge in [0.25, 0.3) is 0 Å². The lowest BCUT2D eigenvalue weighted by Gasteiger charge is -2.12. The third kappa shape index (κ3) is 2.09. The molecule has 0 unspecified atom stereocenters. The molecule has 3 aromatic rings. The lowest BCUT2D eigenvalue weighted by molar-refractivity contribution is 1.14. The third-order valence-corrected chi connectivity index (χ3v) is 4.50. The molecule has 0 saturated heterocycles. The summed E-state index contributed by atoms with van der Waals surface area (Å²) in [5, 5.41) is 2.05. The Morgan fingerprint density at radius 1 is 1.00 bits per heavy atom. The average molecular weight is 290 g/mol. The van der Waals surface area contributed by atoms with Gasteiger partial charge in [-0.25, -0.2) is 0 Å². The molecule has 1 aromatic heterocycles. The van der Waals surface area contributed by atoms with Gasteiger partial charge in [-0.15, -0.1) is 11.3 Å². The van der Waals surface area contributed by atoms with Crippen molar-refractivity contribution in [1.82, 2.24) is 0 Å². The van der Waals surface area contributed by atoms with Crippen LogP contribution < -0.4 is 10.3 Å². The second-order valence-electron chi connectivity index (χ2n) is 4.65. The monoisotopic (exact) mass is 289 g/mol. The maximum atomic E-state index is 12.5. The number of fused-ring (bicyclic) bond motifs is 2. The van der Waals surface area contributed by atoms with Crippen molar-refractivity contribution in [3.05, 3.63) is 51.6 Å². The van der Waals surface area contributed by atoms with Crippen LogP contribution in [0.3, 0.4) is 0 Å². The van der Waals surface area contributed by atoms with Crippen LogP contribution in [-0.2, 0) is 0 Å². The second kappa shape index (κ2) is 4.51. The predicted molar refractivity (Wildman–Crippen MR) is 84.9 cm³/mol. The molecule has 0 N–H and O–H groups in total. The van der Waals surface area contributed by atoms with E-state index in [1.165, 1.54) is 0 Å². The highest BCUT2D eigenvalue weighted by atomic mass is 35.5. The summed E-state index contributed by atoms with van der Waals surface area (Å²) in [6.45, 7) is 0. The van der Waals surface area contributed by atoms with Crippen molar-refractivity contribution >= 4 is 48.8 Å². The fraction of sp³-hybridized carbons (Fsp3) is 0.133. The Morgan fingerprint density at radius 2 is 1.79 bits per heavy atom. The molecular weight excluding hydrogens is 278 g/mol. The molecular formula is C15H12ClNOS. The maximum Gasteiger partial charge on any atom is 0.195 e. The van der Waals surface area contributed by atoms with E-state index >= 15 is 0 Å². The van der Waals surface area contributed by atoms with E-state index in [-0.39, 0.29) is 5.43 Å². The molecule has 96 valence electrons. The van der Waals surface area contributed by atoms with Gasteiger partial charge < -0.3 is 4.90 Å². The third-order valence-electron chi connectivity index (χ3n) is 3.13. The Labute approximate surface area is 119 Å². The number of benzene rings is 2. The molecule has 2 nitrogen and oxygen atoms in total. The number of rotatable bonds is 1. The zero-order valence-electron chi connectivity index (χ0n) is 10.6. The molecule has 19 heavy (non-hydrogen) atoms.